The van der Waals surface area contributed by atoms with E-state index in [4.69, 9.17) is 16.2 Å². The Bertz CT molecular complexity index is 529. The lowest BCUT2D eigenvalue weighted by molar-refractivity contribution is 0.158. The van der Waals surface area contributed by atoms with Crippen molar-refractivity contribution < 1.29 is 4.74 Å². The second-order valence-corrected chi connectivity index (χ2v) is 4.18. The molecule has 4 heteroatoms. The van der Waals surface area contributed by atoms with Gasteiger partial charge in [-0.2, -0.15) is 0 Å². The molecule has 4 nitrogen and oxygen atoms in total. The summed E-state index contributed by atoms with van der Waals surface area (Å²) < 4.78 is 5.73. The predicted octanol–water partition coefficient (Wildman–Crippen LogP) is 1.22. The number of benzene rings is 1. The summed E-state index contributed by atoms with van der Waals surface area (Å²) in [5, 5.41) is 0. The molecule has 2 aliphatic rings. The molecule has 1 atom stereocenters. The number of fused-ring (bicyclic) bond motifs is 1. The molecule has 1 aliphatic heterocycles. The Kier molecular flexibility index (Phi) is 2.14. The summed E-state index contributed by atoms with van der Waals surface area (Å²) in [6, 6.07) is 9.79. The summed E-state index contributed by atoms with van der Waals surface area (Å²) in [4.78, 5) is 4.46. The second-order valence-electron chi connectivity index (χ2n) is 4.18. The maximum atomic E-state index is 5.94. The second kappa shape index (κ2) is 3.55. The monoisotopic (exact) mass is 227 g/mol. The third-order valence-electron chi connectivity index (χ3n) is 2.83. The number of hydrogen-bond donors (Lipinski definition) is 2. The minimum Gasteiger partial charge on any atom is -0.462 e. The van der Waals surface area contributed by atoms with Crippen molar-refractivity contribution in [1.29, 1.82) is 0 Å². The maximum absolute atomic E-state index is 5.94. The number of allylic oxidation sites excluding steroid dienone is 2. The van der Waals surface area contributed by atoms with Crippen molar-refractivity contribution in [2.24, 2.45) is 16.5 Å². The molecule has 0 saturated heterocycles. The van der Waals surface area contributed by atoms with E-state index in [0.29, 0.717) is 11.5 Å². The zero-order valence-corrected chi connectivity index (χ0v) is 9.21. The molecule has 17 heavy (non-hydrogen) atoms. The predicted molar refractivity (Wildman–Crippen MR) is 66.0 cm³/mol. The molecular weight excluding hydrogens is 214 g/mol. The average molecular weight is 227 g/mol. The first-order valence-electron chi connectivity index (χ1n) is 5.44. The molecular formula is C13H13N3O. The number of nitrogens with zero attached hydrogens (tertiary/aromatic N) is 1. The first-order chi connectivity index (χ1) is 8.17. The van der Waals surface area contributed by atoms with Gasteiger partial charge in [-0.25, -0.2) is 4.99 Å². The molecule has 1 heterocycles. The largest absolute Gasteiger partial charge is 0.462 e. The number of aliphatic imine (C=N–C) groups is 1. The van der Waals surface area contributed by atoms with E-state index in [-0.39, 0.29) is 6.23 Å². The zero-order valence-electron chi connectivity index (χ0n) is 9.21. The summed E-state index contributed by atoms with van der Waals surface area (Å²) in [6.45, 7) is 0. The molecule has 0 fully saturated rings. The highest BCUT2D eigenvalue weighted by molar-refractivity contribution is 6.08. The fourth-order valence-electron chi connectivity index (χ4n) is 1.96. The standard InChI is InChI=1S/C13H13N3O/c14-13(15)8-4-7-10-11(13)16-12(17-10)9-5-2-1-3-6-9/h1-8,12H,14-15H2. The van der Waals surface area contributed by atoms with Crippen LogP contribution in [0.1, 0.15) is 11.8 Å². The lowest BCUT2D eigenvalue weighted by Crippen LogP contribution is -2.55. The summed E-state index contributed by atoms with van der Waals surface area (Å²) in [7, 11) is 0. The molecule has 1 aliphatic carbocycles. The van der Waals surface area contributed by atoms with Gasteiger partial charge >= 0.3 is 0 Å². The van der Waals surface area contributed by atoms with Crippen LogP contribution in [-0.4, -0.2) is 11.4 Å². The van der Waals surface area contributed by atoms with Crippen molar-refractivity contribution in [1.82, 2.24) is 0 Å². The number of hydrogen-bond acceptors (Lipinski definition) is 4. The van der Waals surface area contributed by atoms with Crippen LogP contribution in [0.25, 0.3) is 0 Å². The van der Waals surface area contributed by atoms with Crippen molar-refractivity contribution in [3.8, 4) is 0 Å². The third-order valence-corrected chi connectivity index (χ3v) is 2.83. The van der Waals surface area contributed by atoms with Crippen LogP contribution in [0, 0.1) is 0 Å². The van der Waals surface area contributed by atoms with Gasteiger partial charge in [0, 0.05) is 5.56 Å². The minimum atomic E-state index is -1.03. The van der Waals surface area contributed by atoms with Crippen molar-refractivity contribution in [3.63, 3.8) is 0 Å². The molecule has 0 bridgehead atoms. The van der Waals surface area contributed by atoms with E-state index in [9.17, 15) is 0 Å². The van der Waals surface area contributed by atoms with Crippen LogP contribution in [-0.2, 0) is 4.74 Å². The highest BCUT2D eigenvalue weighted by Gasteiger charge is 2.36. The fraction of sp³-hybridized carbons (Fsp3) is 0.154. The SMILES string of the molecule is NC1(N)C=CC=C2OC(c3ccccc3)N=C21. The summed E-state index contributed by atoms with van der Waals surface area (Å²) in [5.74, 6) is 0.659. The van der Waals surface area contributed by atoms with E-state index >= 15 is 0 Å². The molecule has 0 amide bonds. The average Bonchev–Trinajstić information content (AvgIpc) is 2.75. The van der Waals surface area contributed by atoms with E-state index in [1.807, 2.05) is 36.4 Å². The zero-order chi connectivity index (χ0) is 11.9. The van der Waals surface area contributed by atoms with Crippen LogP contribution in [0.2, 0.25) is 0 Å². The number of rotatable bonds is 1. The maximum Gasteiger partial charge on any atom is 0.216 e. The highest BCUT2D eigenvalue weighted by atomic mass is 16.5. The van der Waals surface area contributed by atoms with Gasteiger partial charge in [-0.05, 0) is 12.2 Å². The highest BCUT2D eigenvalue weighted by Crippen LogP contribution is 2.32. The van der Waals surface area contributed by atoms with Gasteiger partial charge in [0.2, 0.25) is 6.23 Å². The lowest BCUT2D eigenvalue weighted by atomic mass is 9.99. The Morgan fingerprint density at radius 3 is 2.65 bits per heavy atom. The van der Waals surface area contributed by atoms with Gasteiger partial charge in [0.1, 0.15) is 17.1 Å². The molecule has 4 N–H and O–H groups in total. The van der Waals surface area contributed by atoms with Crippen LogP contribution < -0.4 is 11.5 Å². The molecule has 0 spiro atoms. The number of ether oxygens (including phenoxy) is 1. The van der Waals surface area contributed by atoms with Crippen LogP contribution in [0.5, 0.6) is 0 Å². The molecule has 0 radical (unpaired) electrons. The molecule has 0 saturated carbocycles. The smallest absolute Gasteiger partial charge is 0.216 e. The van der Waals surface area contributed by atoms with E-state index in [1.54, 1.807) is 12.2 Å². The van der Waals surface area contributed by atoms with Gasteiger partial charge in [0.25, 0.3) is 0 Å². The first kappa shape index (κ1) is 10.3. The Morgan fingerprint density at radius 1 is 1.18 bits per heavy atom. The van der Waals surface area contributed by atoms with E-state index in [0.717, 1.165) is 5.56 Å². The van der Waals surface area contributed by atoms with E-state index in [1.165, 1.54) is 0 Å². The first-order valence-corrected chi connectivity index (χ1v) is 5.44. The topological polar surface area (TPSA) is 73.6 Å². The Morgan fingerprint density at radius 2 is 1.94 bits per heavy atom. The Labute approximate surface area is 99.3 Å². The van der Waals surface area contributed by atoms with Gasteiger partial charge in [0.05, 0.1) is 0 Å². The quantitative estimate of drug-likeness (QED) is 0.708. The Hall–Kier alpha value is -1.91. The van der Waals surface area contributed by atoms with Crippen LogP contribution in [0.4, 0.5) is 0 Å². The minimum absolute atomic E-state index is 0.344. The van der Waals surface area contributed by atoms with Crippen molar-refractivity contribution in [2.45, 2.75) is 11.9 Å². The fourth-order valence-corrected chi connectivity index (χ4v) is 1.96. The van der Waals surface area contributed by atoms with Gasteiger partial charge in [-0.3, -0.25) is 0 Å². The normalized spacial score (nSPS) is 24.7. The molecule has 3 rings (SSSR count). The summed E-state index contributed by atoms with van der Waals surface area (Å²) >= 11 is 0. The van der Waals surface area contributed by atoms with E-state index in [2.05, 4.69) is 4.99 Å². The summed E-state index contributed by atoms with van der Waals surface area (Å²) in [6.07, 6.45) is 5.00. The van der Waals surface area contributed by atoms with Crippen LogP contribution in [0.3, 0.4) is 0 Å². The molecule has 0 aromatic heterocycles. The molecule has 1 unspecified atom stereocenters. The van der Waals surface area contributed by atoms with Crippen LogP contribution >= 0.6 is 0 Å². The van der Waals surface area contributed by atoms with Crippen molar-refractivity contribution in [3.05, 3.63) is 59.9 Å². The van der Waals surface area contributed by atoms with Crippen LogP contribution in [0.15, 0.2) is 59.3 Å². The third kappa shape index (κ3) is 1.67. The molecule has 86 valence electrons. The van der Waals surface area contributed by atoms with Gasteiger partial charge in [0.15, 0.2) is 0 Å². The van der Waals surface area contributed by atoms with Gasteiger partial charge in [-0.15, -0.1) is 0 Å². The summed E-state index contributed by atoms with van der Waals surface area (Å²) in [5.41, 5.74) is 12.4. The van der Waals surface area contributed by atoms with Gasteiger partial charge in [-0.1, -0.05) is 36.4 Å². The lowest BCUT2D eigenvalue weighted by Gasteiger charge is -2.22. The molecule has 1 aromatic rings. The molecule has 1 aromatic carbocycles. The van der Waals surface area contributed by atoms with Gasteiger partial charge < -0.3 is 16.2 Å². The van der Waals surface area contributed by atoms with Crippen molar-refractivity contribution in [2.75, 3.05) is 0 Å². The Balaban J connectivity index is 1.98. The number of nitrogens with two attached hydrogens (primary N) is 2. The van der Waals surface area contributed by atoms with E-state index < -0.39 is 5.66 Å². The van der Waals surface area contributed by atoms with Crippen molar-refractivity contribution >= 4 is 5.71 Å².